The van der Waals surface area contributed by atoms with Gasteiger partial charge in [0.2, 0.25) is 6.10 Å². The molecule has 1 heterocycles. The monoisotopic (exact) mass is 521 g/mol. The molecule has 6 N–H and O–H groups in total. The van der Waals surface area contributed by atoms with E-state index in [4.69, 9.17) is 15.2 Å². The van der Waals surface area contributed by atoms with Gasteiger partial charge in [0.25, 0.3) is 17.7 Å². The molecule has 1 aromatic carbocycles. The number of fused-ring (bicyclic) bond motifs is 1. The Balaban J connectivity index is 1.75. The van der Waals surface area contributed by atoms with Crippen molar-refractivity contribution in [2.75, 3.05) is 5.32 Å². The van der Waals surface area contributed by atoms with Crippen LogP contribution in [0, 0.1) is 0 Å². The van der Waals surface area contributed by atoms with E-state index in [-0.39, 0.29) is 0 Å². The number of thioether (sulfide) groups is 1. The van der Waals surface area contributed by atoms with Crippen molar-refractivity contribution in [1.82, 2.24) is 16.2 Å². The number of alkyl carbamates (subject to hydrolysis) is 1. The third-order valence-corrected chi connectivity index (χ3v) is 6.94. The lowest BCUT2D eigenvalue weighted by molar-refractivity contribution is -0.135. The quantitative estimate of drug-likeness (QED) is 0.373. The van der Waals surface area contributed by atoms with Crippen molar-refractivity contribution >= 4 is 47.4 Å². The number of primary amides is 1. The maximum Gasteiger partial charge on any atom is 0.408 e. The van der Waals surface area contributed by atoms with Crippen LogP contribution in [0.5, 0.6) is 0 Å². The molecule has 1 aromatic rings. The molecule has 13 heteroatoms. The SMILES string of the molecule is CC(C)(C)OC(=O)NC1(C(=O)NNC(=O)C2Sc3ccccc3NC(=O)C2OC(N)=O)CCCCC1. The number of nitrogens with two attached hydrogens (primary N) is 1. The molecular weight excluding hydrogens is 490 g/mol. The van der Waals surface area contributed by atoms with Crippen LogP contribution in [-0.2, 0) is 23.9 Å². The van der Waals surface area contributed by atoms with E-state index in [1.165, 1.54) is 0 Å². The molecule has 1 saturated carbocycles. The van der Waals surface area contributed by atoms with Crippen molar-refractivity contribution in [2.24, 2.45) is 5.73 Å². The summed E-state index contributed by atoms with van der Waals surface area (Å²) in [6.07, 6.45) is -0.524. The largest absolute Gasteiger partial charge is 0.444 e. The van der Waals surface area contributed by atoms with E-state index in [1.807, 2.05) is 0 Å². The molecular formula is C23H31N5O7S. The van der Waals surface area contributed by atoms with Gasteiger partial charge in [-0.05, 0) is 45.7 Å². The first-order valence-electron chi connectivity index (χ1n) is 11.5. The number of para-hydroxylation sites is 1. The van der Waals surface area contributed by atoms with Crippen LogP contribution < -0.4 is 27.2 Å². The lowest BCUT2D eigenvalue weighted by Gasteiger charge is -2.37. The van der Waals surface area contributed by atoms with E-state index in [9.17, 15) is 24.0 Å². The van der Waals surface area contributed by atoms with E-state index in [1.54, 1.807) is 45.0 Å². The molecule has 2 aliphatic rings. The van der Waals surface area contributed by atoms with Crippen molar-refractivity contribution in [1.29, 1.82) is 0 Å². The minimum absolute atomic E-state index is 0.356. The Kier molecular flexibility index (Phi) is 8.33. The van der Waals surface area contributed by atoms with Gasteiger partial charge in [-0.1, -0.05) is 31.4 Å². The number of carbonyl (C=O) groups is 5. The molecule has 3 rings (SSSR count). The Bertz CT molecular complexity index is 1040. The number of hydrazine groups is 1. The predicted octanol–water partition coefficient (Wildman–Crippen LogP) is 1.94. The normalized spacial score (nSPS) is 21.0. The highest BCUT2D eigenvalue weighted by Crippen LogP contribution is 2.36. The van der Waals surface area contributed by atoms with Crippen molar-refractivity contribution in [3.05, 3.63) is 24.3 Å². The molecule has 5 amide bonds. The number of carbonyl (C=O) groups excluding carboxylic acids is 5. The van der Waals surface area contributed by atoms with Crippen molar-refractivity contribution in [3.63, 3.8) is 0 Å². The van der Waals surface area contributed by atoms with E-state index < -0.39 is 52.4 Å². The predicted molar refractivity (Wildman–Crippen MR) is 131 cm³/mol. The number of benzene rings is 1. The minimum Gasteiger partial charge on any atom is -0.444 e. The Labute approximate surface area is 212 Å². The molecule has 0 saturated heterocycles. The van der Waals surface area contributed by atoms with E-state index in [0.717, 1.165) is 18.2 Å². The van der Waals surface area contributed by atoms with Crippen LogP contribution in [0.1, 0.15) is 52.9 Å². The molecule has 0 aromatic heterocycles. The first kappa shape index (κ1) is 27.1. The zero-order valence-corrected chi connectivity index (χ0v) is 21.2. The van der Waals surface area contributed by atoms with E-state index in [2.05, 4.69) is 21.5 Å². The van der Waals surface area contributed by atoms with Crippen LogP contribution in [0.2, 0.25) is 0 Å². The van der Waals surface area contributed by atoms with Gasteiger partial charge < -0.3 is 25.8 Å². The van der Waals surface area contributed by atoms with Gasteiger partial charge in [-0.3, -0.25) is 25.2 Å². The fraction of sp³-hybridized carbons (Fsp3) is 0.522. The second-order valence-electron chi connectivity index (χ2n) is 9.59. The summed E-state index contributed by atoms with van der Waals surface area (Å²) in [6.45, 7) is 5.14. The Morgan fingerprint density at radius 3 is 2.39 bits per heavy atom. The van der Waals surface area contributed by atoms with Gasteiger partial charge in [-0.2, -0.15) is 0 Å². The maximum atomic E-state index is 13.2. The van der Waals surface area contributed by atoms with Gasteiger partial charge in [0.05, 0.1) is 5.69 Å². The lowest BCUT2D eigenvalue weighted by atomic mass is 9.81. The maximum absolute atomic E-state index is 13.2. The number of nitrogens with one attached hydrogen (secondary N) is 4. The standard InChI is InChI=1S/C23H31N5O7S/c1-22(2,3)35-21(33)26-23(11-7-4-8-12-23)19(31)28-27-18(30)16-15(34-20(24)32)17(29)25-13-9-5-6-10-14(13)36-16/h5-6,9-10,15-16H,4,7-8,11-12H2,1-3H3,(H2,24,32)(H,25,29)(H,26,33)(H,27,30)(H,28,31). The first-order chi connectivity index (χ1) is 16.9. The summed E-state index contributed by atoms with van der Waals surface area (Å²) in [6, 6.07) is 6.75. The number of anilines is 1. The molecule has 0 bridgehead atoms. The molecule has 1 aliphatic carbocycles. The molecule has 1 fully saturated rings. The van der Waals surface area contributed by atoms with Crippen LogP contribution in [0.25, 0.3) is 0 Å². The lowest BCUT2D eigenvalue weighted by Crippen LogP contribution is -2.63. The summed E-state index contributed by atoms with van der Waals surface area (Å²) in [5.41, 5.74) is 8.21. The van der Waals surface area contributed by atoms with Gasteiger partial charge in [0, 0.05) is 4.90 Å². The molecule has 1 aliphatic heterocycles. The highest BCUT2D eigenvalue weighted by molar-refractivity contribution is 8.01. The molecule has 2 atom stereocenters. The molecule has 12 nitrogen and oxygen atoms in total. The fourth-order valence-corrected chi connectivity index (χ4v) is 5.16. The fourth-order valence-electron chi connectivity index (χ4n) is 4.02. The molecule has 36 heavy (non-hydrogen) atoms. The number of ether oxygens (including phenoxy) is 2. The van der Waals surface area contributed by atoms with Crippen molar-refractivity contribution in [3.8, 4) is 0 Å². The summed E-state index contributed by atoms with van der Waals surface area (Å²) in [5, 5.41) is 4.02. The highest BCUT2D eigenvalue weighted by atomic mass is 32.2. The number of rotatable bonds is 4. The molecule has 0 spiro atoms. The minimum atomic E-state index is -1.56. The Morgan fingerprint density at radius 1 is 1.08 bits per heavy atom. The Hall–Kier alpha value is -3.48. The zero-order chi connectivity index (χ0) is 26.5. The van der Waals surface area contributed by atoms with Crippen molar-refractivity contribution in [2.45, 2.75) is 80.3 Å². The third kappa shape index (κ3) is 6.80. The van der Waals surface area contributed by atoms with Gasteiger partial charge in [0.1, 0.15) is 16.4 Å². The van der Waals surface area contributed by atoms with Crippen LogP contribution in [0.3, 0.4) is 0 Å². The second-order valence-corrected chi connectivity index (χ2v) is 10.8. The molecule has 196 valence electrons. The van der Waals surface area contributed by atoms with Crippen LogP contribution in [0.15, 0.2) is 29.2 Å². The summed E-state index contributed by atoms with van der Waals surface area (Å²) in [5.74, 6) is -2.17. The smallest absolute Gasteiger partial charge is 0.408 e. The molecule has 2 unspecified atom stereocenters. The van der Waals surface area contributed by atoms with E-state index in [0.29, 0.717) is 36.3 Å². The van der Waals surface area contributed by atoms with Crippen molar-refractivity contribution < 1.29 is 33.4 Å². The van der Waals surface area contributed by atoms with Crippen LogP contribution >= 0.6 is 11.8 Å². The zero-order valence-electron chi connectivity index (χ0n) is 20.3. The average molecular weight is 522 g/mol. The average Bonchev–Trinajstić information content (AvgIpc) is 2.92. The Morgan fingerprint density at radius 2 is 1.75 bits per heavy atom. The van der Waals surface area contributed by atoms with Crippen LogP contribution in [0.4, 0.5) is 15.3 Å². The highest BCUT2D eigenvalue weighted by Gasteiger charge is 2.44. The third-order valence-electron chi connectivity index (χ3n) is 5.61. The topological polar surface area (TPSA) is 178 Å². The summed E-state index contributed by atoms with van der Waals surface area (Å²) < 4.78 is 10.3. The number of amides is 5. The summed E-state index contributed by atoms with van der Waals surface area (Å²) in [4.78, 5) is 63.5. The van der Waals surface area contributed by atoms with Gasteiger partial charge in [-0.25, -0.2) is 9.59 Å². The number of hydrogen-bond donors (Lipinski definition) is 5. The van der Waals surface area contributed by atoms with E-state index >= 15 is 0 Å². The number of hydrogen-bond acceptors (Lipinski definition) is 8. The molecule has 0 radical (unpaired) electrons. The van der Waals surface area contributed by atoms with Gasteiger partial charge >= 0.3 is 12.2 Å². The van der Waals surface area contributed by atoms with Gasteiger partial charge in [0.15, 0.2) is 0 Å². The van der Waals surface area contributed by atoms with Crippen LogP contribution in [-0.4, -0.2) is 52.4 Å². The first-order valence-corrected chi connectivity index (χ1v) is 12.4. The van der Waals surface area contributed by atoms with Gasteiger partial charge in [-0.15, -0.1) is 11.8 Å². The summed E-state index contributed by atoms with van der Waals surface area (Å²) in [7, 11) is 0. The second kappa shape index (κ2) is 11.1. The summed E-state index contributed by atoms with van der Waals surface area (Å²) >= 11 is 0.974.